The van der Waals surface area contributed by atoms with Crippen molar-refractivity contribution in [2.24, 2.45) is 0 Å². The van der Waals surface area contributed by atoms with Crippen LogP contribution in [0.15, 0.2) is 53.9 Å². The molecule has 2 aromatic carbocycles. The molecule has 2 amide bonds. The lowest BCUT2D eigenvalue weighted by Crippen LogP contribution is -2.48. The molecule has 0 N–H and O–H groups in total. The molecule has 8 heteroatoms. The van der Waals surface area contributed by atoms with Crippen molar-refractivity contribution in [3.8, 4) is 5.75 Å². The van der Waals surface area contributed by atoms with Crippen molar-refractivity contribution in [3.05, 3.63) is 86.3 Å². The Labute approximate surface area is 213 Å². The lowest BCUT2D eigenvalue weighted by molar-refractivity contribution is -0.135. The van der Waals surface area contributed by atoms with E-state index in [2.05, 4.69) is 6.07 Å². The molecular weight excluding hydrogens is 487 g/mol. The zero-order chi connectivity index (χ0) is 24.5. The first-order valence-corrected chi connectivity index (χ1v) is 13.0. The molecule has 182 valence electrons. The van der Waals surface area contributed by atoms with Gasteiger partial charge in [0.2, 0.25) is 5.91 Å². The van der Waals surface area contributed by atoms with Gasteiger partial charge in [0.25, 0.3) is 5.91 Å². The Balaban J connectivity index is 1.34. The summed E-state index contributed by atoms with van der Waals surface area (Å²) < 4.78 is 19.8. The number of hydrogen-bond acceptors (Lipinski definition) is 4. The second kappa shape index (κ2) is 9.99. The van der Waals surface area contributed by atoms with E-state index in [1.54, 1.807) is 28.4 Å². The van der Waals surface area contributed by atoms with Crippen LogP contribution in [-0.2, 0) is 11.2 Å². The third-order valence-corrected chi connectivity index (χ3v) is 8.00. The van der Waals surface area contributed by atoms with Crippen LogP contribution in [0.2, 0.25) is 5.02 Å². The topological polar surface area (TPSA) is 49.9 Å². The zero-order valence-electron chi connectivity index (χ0n) is 19.4. The first-order valence-electron chi connectivity index (χ1n) is 11.7. The van der Waals surface area contributed by atoms with Gasteiger partial charge in [0, 0.05) is 28.0 Å². The third-order valence-electron chi connectivity index (χ3n) is 6.58. The number of carbonyl (C=O) groups is 2. The molecule has 0 bridgehead atoms. The van der Waals surface area contributed by atoms with Crippen molar-refractivity contribution >= 4 is 34.8 Å². The van der Waals surface area contributed by atoms with E-state index >= 15 is 0 Å². The average Bonchev–Trinajstić information content (AvgIpc) is 3.58. The Hall–Kier alpha value is -2.90. The molecule has 0 spiro atoms. The molecule has 1 aliphatic heterocycles. The van der Waals surface area contributed by atoms with E-state index in [1.165, 1.54) is 23.1 Å². The maximum absolute atomic E-state index is 13.7. The minimum atomic E-state index is -0.464. The van der Waals surface area contributed by atoms with Crippen LogP contribution < -0.4 is 4.74 Å². The fourth-order valence-electron chi connectivity index (χ4n) is 4.53. The molecule has 5 rings (SSSR count). The van der Waals surface area contributed by atoms with Crippen molar-refractivity contribution < 1.29 is 18.7 Å². The summed E-state index contributed by atoms with van der Waals surface area (Å²) in [6.45, 7) is 2.76. The summed E-state index contributed by atoms with van der Waals surface area (Å²) in [7, 11) is 0. The Kier molecular flexibility index (Phi) is 6.80. The summed E-state index contributed by atoms with van der Waals surface area (Å²) in [6, 6.07) is 13.0. The number of rotatable bonds is 7. The van der Waals surface area contributed by atoms with E-state index in [0.717, 1.165) is 30.4 Å². The van der Waals surface area contributed by atoms with Crippen LogP contribution in [0, 0.1) is 12.7 Å². The molecule has 1 saturated carbocycles. The van der Waals surface area contributed by atoms with Crippen LogP contribution in [0.5, 0.6) is 5.75 Å². The van der Waals surface area contributed by atoms with Gasteiger partial charge in [0.15, 0.2) is 0 Å². The third kappa shape index (κ3) is 5.21. The molecule has 35 heavy (non-hydrogen) atoms. The number of benzene rings is 2. The molecule has 2 heterocycles. The normalized spacial score (nSPS) is 17.1. The van der Waals surface area contributed by atoms with E-state index in [-0.39, 0.29) is 36.0 Å². The number of aryl methyl sites for hydroxylation is 1. The van der Waals surface area contributed by atoms with Gasteiger partial charge >= 0.3 is 0 Å². The summed E-state index contributed by atoms with van der Waals surface area (Å²) >= 11 is 7.83. The number of thiophene rings is 1. The van der Waals surface area contributed by atoms with Gasteiger partial charge in [-0.3, -0.25) is 9.59 Å². The molecule has 1 aliphatic carbocycles. The second-order valence-corrected chi connectivity index (χ2v) is 10.5. The Morgan fingerprint density at radius 2 is 2.03 bits per heavy atom. The fraction of sp³-hybridized carbons (Fsp3) is 0.333. The first-order chi connectivity index (χ1) is 16.9. The molecule has 3 aromatic rings. The van der Waals surface area contributed by atoms with E-state index in [0.29, 0.717) is 23.9 Å². The Morgan fingerprint density at radius 3 is 2.77 bits per heavy atom. The summed E-state index contributed by atoms with van der Waals surface area (Å²) in [4.78, 5) is 31.4. The van der Waals surface area contributed by atoms with E-state index in [9.17, 15) is 14.0 Å². The predicted molar refractivity (Wildman–Crippen MR) is 135 cm³/mol. The SMILES string of the molecule is Cc1cc(OCC2c3ccsc3CCN2C(=O)CN(C(=O)c2cccc(F)c2)C2CC2)ccc1Cl. The molecule has 5 nitrogen and oxygen atoms in total. The summed E-state index contributed by atoms with van der Waals surface area (Å²) in [5, 5.41) is 2.72. The second-order valence-electron chi connectivity index (χ2n) is 9.05. The highest BCUT2D eigenvalue weighted by molar-refractivity contribution is 7.10. The number of nitrogens with zero attached hydrogens (tertiary/aromatic N) is 2. The maximum Gasteiger partial charge on any atom is 0.254 e. The fourth-order valence-corrected chi connectivity index (χ4v) is 5.58. The van der Waals surface area contributed by atoms with Crippen molar-refractivity contribution in [2.75, 3.05) is 19.7 Å². The number of amides is 2. The Bertz CT molecular complexity index is 1260. The summed E-state index contributed by atoms with van der Waals surface area (Å²) in [6.07, 6.45) is 2.48. The minimum absolute atomic E-state index is 0.0166. The summed E-state index contributed by atoms with van der Waals surface area (Å²) in [5.74, 6) is -0.200. The smallest absolute Gasteiger partial charge is 0.254 e. The number of ether oxygens (including phenoxy) is 1. The van der Waals surface area contributed by atoms with Gasteiger partial charge in [-0.05, 0) is 85.2 Å². The van der Waals surface area contributed by atoms with Crippen LogP contribution in [0.4, 0.5) is 4.39 Å². The van der Waals surface area contributed by atoms with Crippen LogP contribution in [0.1, 0.15) is 45.2 Å². The van der Waals surface area contributed by atoms with E-state index in [4.69, 9.17) is 16.3 Å². The van der Waals surface area contributed by atoms with Gasteiger partial charge in [-0.25, -0.2) is 4.39 Å². The van der Waals surface area contributed by atoms with Crippen LogP contribution >= 0.6 is 22.9 Å². The first kappa shape index (κ1) is 23.8. The minimum Gasteiger partial charge on any atom is -0.491 e. The molecule has 1 unspecified atom stereocenters. The van der Waals surface area contributed by atoms with Crippen molar-refractivity contribution in [1.82, 2.24) is 9.80 Å². The molecular formula is C27H26ClFN2O3S. The van der Waals surface area contributed by atoms with Crippen LogP contribution in [0.3, 0.4) is 0 Å². The number of carbonyl (C=O) groups excluding carboxylic acids is 2. The van der Waals surface area contributed by atoms with Crippen molar-refractivity contribution in [3.63, 3.8) is 0 Å². The molecule has 0 radical (unpaired) electrons. The predicted octanol–water partition coefficient (Wildman–Crippen LogP) is 5.66. The average molecular weight is 513 g/mol. The van der Waals surface area contributed by atoms with Crippen molar-refractivity contribution in [2.45, 2.75) is 38.3 Å². The molecule has 1 atom stereocenters. The number of halogens is 2. The highest BCUT2D eigenvalue weighted by Crippen LogP contribution is 2.35. The quantitative estimate of drug-likeness (QED) is 0.410. The largest absolute Gasteiger partial charge is 0.491 e. The lowest BCUT2D eigenvalue weighted by atomic mass is 10.00. The summed E-state index contributed by atoms with van der Waals surface area (Å²) in [5.41, 5.74) is 2.28. The van der Waals surface area contributed by atoms with Gasteiger partial charge in [-0.1, -0.05) is 17.7 Å². The molecule has 0 saturated heterocycles. The number of fused-ring (bicyclic) bond motifs is 1. The highest BCUT2D eigenvalue weighted by atomic mass is 35.5. The van der Waals surface area contributed by atoms with Gasteiger partial charge in [0.05, 0.1) is 6.04 Å². The molecule has 1 fully saturated rings. The zero-order valence-corrected chi connectivity index (χ0v) is 20.9. The van der Waals surface area contributed by atoms with Gasteiger partial charge in [0.1, 0.15) is 24.7 Å². The molecule has 1 aromatic heterocycles. The maximum atomic E-state index is 13.7. The van der Waals surface area contributed by atoms with E-state index in [1.807, 2.05) is 29.3 Å². The van der Waals surface area contributed by atoms with Crippen LogP contribution in [0.25, 0.3) is 0 Å². The van der Waals surface area contributed by atoms with Crippen molar-refractivity contribution in [1.29, 1.82) is 0 Å². The van der Waals surface area contributed by atoms with Gasteiger partial charge < -0.3 is 14.5 Å². The lowest BCUT2D eigenvalue weighted by Gasteiger charge is -2.37. The van der Waals surface area contributed by atoms with Gasteiger partial charge in [-0.2, -0.15) is 0 Å². The standard InChI is InChI=1S/C27H26ClFN2O3S/c1-17-13-21(7-8-23(17)28)34-16-24-22-10-12-35-25(22)9-11-30(24)26(32)15-31(20-5-6-20)27(33)18-3-2-4-19(29)14-18/h2-4,7-8,10,12-14,20,24H,5-6,9,11,15-16H2,1H3. The van der Waals surface area contributed by atoms with Crippen LogP contribution in [-0.4, -0.2) is 47.4 Å². The van der Waals surface area contributed by atoms with Gasteiger partial charge in [-0.15, -0.1) is 11.3 Å². The Morgan fingerprint density at radius 1 is 1.20 bits per heavy atom. The monoisotopic (exact) mass is 512 g/mol. The van der Waals surface area contributed by atoms with E-state index < -0.39 is 5.82 Å². The molecule has 2 aliphatic rings. The highest BCUT2D eigenvalue weighted by Gasteiger charge is 2.38. The number of hydrogen-bond donors (Lipinski definition) is 0.